The van der Waals surface area contributed by atoms with Gasteiger partial charge in [-0.2, -0.15) is 5.10 Å². The van der Waals surface area contributed by atoms with E-state index < -0.39 is 0 Å². The summed E-state index contributed by atoms with van der Waals surface area (Å²) in [4.78, 5) is 4.72. The van der Waals surface area contributed by atoms with Gasteiger partial charge in [-0.25, -0.2) is 9.07 Å². The SMILES string of the molecule is COc1ccc(-c2nn(-c3ccccc3)cc2CN(C)CCCN2CCOCC2)c(F)c1. The molecule has 1 saturated heterocycles. The summed E-state index contributed by atoms with van der Waals surface area (Å²) in [6.07, 6.45) is 3.09. The zero-order valence-corrected chi connectivity index (χ0v) is 18.8. The maximum atomic E-state index is 14.9. The van der Waals surface area contributed by atoms with Crippen molar-refractivity contribution in [1.29, 1.82) is 0 Å². The van der Waals surface area contributed by atoms with Crippen LogP contribution in [-0.2, 0) is 11.3 Å². The largest absolute Gasteiger partial charge is 0.497 e. The molecular weight excluding hydrogens is 407 g/mol. The number of para-hydroxylation sites is 1. The molecular formula is C25H31FN4O2. The fourth-order valence-electron chi connectivity index (χ4n) is 4.04. The molecule has 1 fully saturated rings. The van der Waals surface area contributed by atoms with E-state index in [1.54, 1.807) is 12.1 Å². The Balaban J connectivity index is 1.52. The second-order valence-corrected chi connectivity index (χ2v) is 8.17. The van der Waals surface area contributed by atoms with Gasteiger partial charge in [0.1, 0.15) is 17.3 Å². The number of methoxy groups -OCH3 is 1. The number of benzene rings is 2. The standard InChI is InChI=1S/C25H31FN4O2/c1-28(11-6-12-29-13-15-32-16-14-29)18-20-19-30(21-7-4-3-5-8-21)27-25(20)23-10-9-22(31-2)17-24(23)26/h3-5,7-10,17,19H,6,11-16,18H2,1-2H3. The van der Waals surface area contributed by atoms with Crippen LogP contribution in [0.3, 0.4) is 0 Å². The first-order chi connectivity index (χ1) is 15.6. The molecule has 0 unspecified atom stereocenters. The van der Waals surface area contributed by atoms with E-state index in [9.17, 15) is 4.39 Å². The number of rotatable bonds is 9. The average Bonchev–Trinajstić information content (AvgIpc) is 3.23. The van der Waals surface area contributed by atoms with Crippen LogP contribution >= 0.6 is 0 Å². The molecule has 1 aliphatic rings. The Bertz CT molecular complexity index is 1000. The lowest BCUT2D eigenvalue weighted by molar-refractivity contribution is 0.0363. The Hall–Kier alpha value is -2.74. The summed E-state index contributed by atoms with van der Waals surface area (Å²) in [5.74, 6) is 0.161. The number of hydrogen-bond acceptors (Lipinski definition) is 5. The fourth-order valence-corrected chi connectivity index (χ4v) is 4.04. The molecule has 0 saturated carbocycles. The number of ether oxygens (including phenoxy) is 2. The van der Waals surface area contributed by atoms with Gasteiger partial charge < -0.3 is 14.4 Å². The summed E-state index contributed by atoms with van der Waals surface area (Å²) < 4.78 is 27.3. The Morgan fingerprint density at radius 2 is 1.91 bits per heavy atom. The van der Waals surface area contributed by atoms with Crippen molar-refractivity contribution in [2.24, 2.45) is 0 Å². The van der Waals surface area contributed by atoms with Crippen molar-refractivity contribution in [3.05, 3.63) is 66.1 Å². The summed E-state index contributed by atoms with van der Waals surface area (Å²) in [6.45, 7) is 6.38. The number of halogens is 1. The van der Waals surface area contributed by atoms with Crippen molar-refractivity contribution in [3.63, 3.8) is 0 Å². The summed E-state index contributed by atoms with van der Waals surface area (Å²) in [5, 5.41) is 4.76. The molecule has 0 amide bonds. The van der Waals surface area contributed by atoms with Crippen LogP contribution in [0.1, 0.15) is 12.0 Å². The zero-order chi connectivity index (χ0) is 22.3. The third kappa shape index (κ3) is 5.54. The van der Waals surface area contributed by atoms with E-state index in [4.69, 9.17) is 14.6 Å². The van der Waals surface area contributed by atoms with Crippen LogP contribution in [0.25, 0.3) is 16.9 Å². The van der Waals surface area contributed by atoms with Crippen LogP contribution in [0.2, 0.25) is 0 Å². The van der Waals surface area contributed by atoms with E-state index in [0.29, 0.717) is 23.6 Å². The first-order valence-electron chi connectivity index (χ1n) is 11.1. The minimum atomic E-state index is -0.334. The van der Waals surface area contributed by atoms with Crippen LogP contribution in [0.5, 0.6) is 5.75 Å². The Morgan fingerprint density at radius 3 is 2.62 bits per heavy atom. The van der Waals surface area contributed by atoms with Gasteiger partial charge in [-0.05, 0) is 50.8 Å². The van der Waals surface area contributed by atoms with Crippen molar-refractivity contribution in [3.8, 4) is 22.7 Å². The molecule has 4 rings (SSSR count). The average molecular weight is 439 g/mol. The zero-order valence-electron chi connectivity index (χ0n) is 18.8. The molecule has 3 aromatic rings. The summed E-state index contributed by atoms with van der Waals surface area (Å²) in [6, 6.07) is 14.8. The predicted octanol–water partition coefficient (Wildman–Crippen LogP) is 3.84. The molecule has 0 N–H and O–H groups in total. The predicted molar refractivity (Wildman–Crippen MR) is 124 cm³/mol. The summed E-state index contributed by atoms with van der Waals surface area (Å²) in [7, 11) is 3.64. The Kier molecular flexibility index (Phi) is 7.52. The minimum absolute atomic E-state index is 0.334. The highest BCUT2D eigenvalue weighted by atomic mass is 19.1. The molecule has 2 heterocycles. The Labute approximate surface area is 189 Å². The number of morpholine rings is 1. The van der Waals surface area contributed by atoms with E-state index in [2.05, 4.69) is 16.8 Å². The second-order valence-electron chi connectivity index (χ2n) is 8.17. The van der Waals surface area contributed by atoms with Gasteiger partial charge in [-0.15, -0.1) is 0 Å². The van der Waals surface area contributed by atoms with Gasteiger partial charge in [0.05, 0.1) is 26.0 Å². The molecule has 0 bridgehead atoms. The van der Waals surface area contributed by atoms with E-state index in [1.165, 1.54) is 13.2 Å². The van der Waals surface area contributed by atoms with Gasteiger partial charge in [0, 0.05) is 43.0 Å². The number of nitrogens with zero attached hydrogens (tertiary/aromatic N) is 4. The topological polar surface area (TPSA) is 42.8 Å². The third-order valence-corrected chi connectivity index (χ3v) is 5.80. The quantitative estimate of drug-likeness (QED) is 0.508. The van der Waals surface area contributed by atoms with Crippen molar-refractivity contribution < 1.29 is 13.9 Å². The fraction of sp³-hybridized carbons (Fsp3) is 0.400. The number of hydrogen-bond donors (Lipinski definition) is 0. The molecule has 32 heavy (non-hydrogen) atoms. The van der Waals surface area contributed by atoms with Gasteiger partial charge in [-0.3, -0.25) is 4.90 Å². The maximum Gasteiger partial charge on any atom is 0.136 e. The van der Waals surface area contributed by atoms with Gasteiger partial charge in [0.2, 0.25) is 0 Å². The highest BCUT2D eigenvalue weighted by Crippen LogP contribution is 2.29. The first-order valence-corrected chi connectivity index (χ1v) is 11.1. The van der Waals surface area contributed by atoms with Crippen molar-refractivity contribution in [1.82, 2.24) is 19.6 Å². The highest BCUT2D eigenvalue weighted by Gasteiger charge is 2.18. The van der Waals surface area contributed by atoms with Crippen LogP contribution in [0.4, 0.5) is 4.39 Å². The third-order valence-electron chi connectivity index (χ3n) is 5.80. The molecule has 7 heteroatoms. The van der Waals surface area contributed by atoms with E-state index in [0.717, 1.165) is 57.1 Å². The smallest absolute Gasteiger partial charge is 0.136 e. The second kappa shape index (κ2) is 10.7. The summed E-state index contributed by atoms with van der Waals surface area (Å²) >= 11 is 0. The van der Waals surface area contributed by atoms with Crippen molar-refractivity contribution in [2.45, 2.75) is 13.0 Å². The maximum absolute atomic E-state index is 14.9. The van der Waals surface area contributed by atoms with Crippen LogP contribution in [0.15, 0.2) is 54.7 Å². The van der Waals surface area contributed by atoms with Crippen molar-refractivity contribution in [2.75, 3.05) is 53.6 Å². The monoisotopic (exact) mass is 438 g/mol. The lowest BCUT2D eigenvalue weighted by Crippen LogP contribution is -2.37. The molecule has 6 nitrogen and oxygen atoms in total. The van der Waals surface area contributed by atoms with Gasteiger partial charge in [-0.1, -0.05) is 18.2 Å². The lowest BCUT2D eigenvalue weighted by Gasteiger charge is -2.27. The van der Waals surface area contributed by atoms with Gasteiger partial charge in [0.25, 0.3) is 0 Å². The van der Waals surface area contributed by atoms with Crippen LogP contribution < -0.4 is 4.74 Å². The summed E-state index contributed by atoms with van der Waals surface area (Å²) in [5.41, 5.74) is 3.09. The molecule has 0 radical (unpaired) electrons. The van der Waals surface area contributed by atoms with Gasteiger partial charge >= 0.3 is 0 Å². The van der Waals surface area contributed by atoms with Crippen LogP contribution in [0, 0.1) is 5.82 Å². The van der Waals surface area contributed by atoms with E-state index >= 15 is 0 Å². The van der Waals surface area contributed by atoms with E-state index in [1.807, 2.05) is 41.2 Å². The van der Waals surface area contributed by atoms with Crippen LogP contribution in [-0.4, -0.2) is 73.1 Å². The van der Waals surface area contributed by atoms with E-state index in [-0.39, 0.29) is 5.82 Å². The molecule has 0 spiro atoms. The molecule has 1 aliphatic heterocycles. The molecule has 2 aromatic carbocycles. The first kappa shape index (κ1) is 22.5. The molecule has 0 aliphatic carbocycles. The highest BCUT2D eigenvalue weighted by molar-refractivity contribution is 5.65. The molecule has 1 aromatic heterocycles. The molecule has 170 valence electrons. The minimum Gasteiger partial charge on any atom is -0.497 e. The Morgan fingerprint density at radius 1 is 1.12 bits per heavy atom. The van der Waals surface area contributed by atoms with Gasteiger partial charge in [0.15, 0.2) is 0 Å². The lowest BCUT2D eigenvalue weighted by atomic mass is 10.1. The normalized spacial score (nSPS) is 14.8. The number of aromatic nitrogens is 2. The molecule has 0 atom stereocenters. The van der Waals surface area contributed by atoms with Crippen molar-refractivity contribution >= 4 is 0 Å².